The van der Waals surface area contributed by atoms with E-state index in [1.54, 1.807) is 42.5 Å². The Morgan fingerprint density at radius 2 is 1.77 bits per heavy atom. The van der Waals surface area contributed by atoms with Crippen molar-refractivity contribution < 1.29 is 24.5 Å². The normalized spacial score (nSPS) is 10.5. The van der Waals surface area contributed by atoms with Crippen LogP contribution in [-0.2, 0) is 0 Å². The van der Waals surface area contributed by atoms with Gasteiger partial charge >= 0.3 is 6.09 Å². The van der Waals surface area contributed by atoms with Crippen molar-refractivity contribution in [1.29, 1.82) is 0 Å². The number of aliphatic hydroxyl groups excluding tert-OH is 1. The highest BCUT2D eigenvalue weighted by molar-refractivity contribution is 7.20. The minimum atomic E-state index is -1.20. The third-order valence-corrected chi connectivity index (χ3v) is 4.60. The van der Waals surface area contributed by atoms with Gasteiger partial charge in [0.25, 0.3) is 5.91 Å². The predicted octanol–water partition coefficient (Wildman–Crippen LogP) is 3.61. The van der Waals surface area contributed by atoms with Crippen molar-refractivity contribution in [2.24, 2.45) is 0 Å². The summed E-state index contributed by atoms with van der Waals surface area (Å²) in [4.78, 5) is 23.9. The van der Waals surface area contributed by atoms with Gasteiger partial charge in [0, 0.05) is 4.70 Å². The number of fused-ring (bicyclic) bond motifs is 1. The summed E-state index contributed by atoms with van der Waals surface area (Å²) in [6.07, 6.45) is -1.20. The first kappa shape index (κ1) is 17.7. The first-order valence-electron chi connectivity index (χ1n) is 7.74. The van der Waals surface area contributed by atoms with Crippen molar-refractivity contribution >= 4 is 44.8 Å². The van der Waals surface area contributed by atoms with E-state index < -0.39 is 6.09 Å². The predicted molar refractivity (Wildman–Crippen MR) is 100 cm³/mol. The van der Waals surface area contributed by atoms with Gasteiger partial charge in [0.15, 0.2) is 0 Å². The Labute approximate surface area is 152 Å². The van der Waals surface area contributed by atoms with Gasteiger partial charge in [-0.25, -0.2) is 4.79 Å². The number of rotatable bonds is 6. The molecule has 0 atom stereocenters. The smallest absolute Gasteiger partial charge is 0.409 e. The monoisotopic (exact) mass is 372 g/mol. The molecule has 0 radical (unpaired) electrons. The van der Waals surface area contributed by atoms with Crippen molar-refractivity contribution in [3.8, 4) is 5.75 Å². The summed E-state index contributed by atoms with van der Waals surface area (Å²) in [5.41, 5.74) is 0.679. The van der Waals surface area contributed by atoms with Crippen LogP contribution in [0.15, 0.2) is 48.5 Å². The van der Waals surface area contributed by atoms with Crippen LogP contribution in [-0.4, -0.2) is 35.4 Å². The molecule has 7 nitrogen and oxygen atoms in total. The third kappa shape index (κ3) is 4.11. The van der Waals surface area contributed by atoms with Crippen molar-refractivity contribution in [1.82, 2.24) is 0 Å². The molecule has 0 saturated heterocycles. The van der Waals surface area contributed by atoms with Gasteiger partial charge in [-0.15, -0.1) is 11.3 Å². The zero-order chi connectivity index (χ0) is 18.5. The van der Waals surface area contributed by atoms with Crippen LogP contribution in [0.4, 0.5) is 16.2 Å². The van der Waals surface area contributed by atoms with E-state index in [-0.39, 0.29) is 19.1 Å². The van der Waals surface area contributed by atoms with E-state index >= 15 is 0 Å². The van der Waals surface area contributed by atoms with E-state index in [1.807, 2.05) is 6.07 Å². The number of hydrogen-bond acceptors (Lipinski definition) is 5. The van der Waals surface area contributed by atoms with Crippen molar-refractivity contribution in [2.75, 3.05) is 23.8 Å². The molecule has 4 N–H and O–H groups in total. The molecule has 1 heterocycles. The molecule has 8 heteroatoms. The van der Waals surface area contributed by atoms with Crippen molar-refractivity contribution in [3.63, 3.8) is 0 Å². The Bertz CT molecular complexity index is 954. The summed E-state index contributed by atoms with van der Waals surface area (Å²) in [7, 11) is 0. The lowest BCUT2D eigenvalue weighted by atomic mass is 10.2. The minimum Gasteiger partial charge on any atom is -0.491 e. The Balaban J connectivity index is 1.81. The number of carbonyl (C=O) groups is 2. The molecule has 2 aromatic carbocycles. The van der Waals surface area contributed by atoms with Gasteiger partial charge in [-0.3, -0.25) is 10.1 Å². The summed E-state index contributed by atoms with van der Waals surface area (Å²) in [6, 6.07) is 13.8. The minimum absolute atomic E-state index is 0.0703. The maximum atomic E-state index is 12.5. The number of carboxylic acid groups (broad SMARTS) is 1. The molecule has 0 unspecified atom stereocenters. The van der Waals surface area contributed by atoms with Crippen molar-refractivity contribution in [2.45, 2.75) is 0 Å². The number of thiophene rings is 1. The lowest BCUT2D eigenvalue weighted by Crippen LogP contribution is -2.14. The van der Waals surface area contributed by atoms with Crippen LogP contribution in [0.25, 0.3) is 10.1 Å². The fourth-order valence-electron chi connectivity index (χ4n) is 2.39. The largest absolute Gasteiger partial charge is 0.491 e. The van der Waals surface area contributed by atoms with E-state index in [0.717, 1.165) is 10.1 Å². The number of ether oxygens (including phenoxy) is 1. The molecule has 0 aliphatic rings. The fraction of sp³-hybridized carbons (Fsp3) is 0.111. The maximum absolute atomic E-state index is 12.5. The Morgan fingerprint density at radius 1 is 1.04 bits per heavy atom. The summed E-state index contributed by atoms with van der Waals surface area (Å²) in [5.74, 6) is 0.288. The Morgan fingerprint density at radius 3 is 2.46 bits per heavy atom. The molecular formula is C18H16N2O5S. The number of nitrogens with one attached hydrogen (secondary N) is 2. The molecule has 0 aliphatic carbocycles. The lowest BCUT2D eigenvalue weighted by molar-refractivity contribution is 0.103. The average molecular weight is 372 g/mol. The zero-order valence-electron chi connectivity index (χ0n) is 13.6. The molecule has 26 heavy (non-hydrogen) atoms. The molecule has 0 aliphatic heterocycles. The van der Waals surface area contributed by atoms with E-state index in [0.29, 0.717) is 22.0 Å². The highest BCUT2D eigenvalue weighted by Crippen LogP contribution is 2.30. The summed E-state index contributed by atoms with van der Waals surface area (Å²) in [6.45, 7) is 0.134. The van der Waals surface area contributed by atoms with Gasteiger partial charge in [-0.05, 0) is 41.8 Å². The van der Waals surface area contributed by atoms with Crippen LogP contribution >= 0.6 is 11.3 Å². The zero-order valence-corrected chi connectivity index (χ0v) is 14.4. The number of benzene rings is 2. The molecule has 0 saturated carbocycles. The number of aliphatic hydroxyl groups is 1. The first-order chi connectivity index (χ1) is 12.6. The highest BCUT2D eigenvalue weighted by atomic mass is 32.1. The van der Waals surface area contributed by atoms with Crippen molar-refractivity contribution in [3.05, 3.63) is 53.4 Å². The fourth-order valence-corrected chi connectivity index (χ4v) is 3.33. The molecule has 1 aromatic heterocycles. The van der Waals surface area contributed by atoms with Crippen LogP contribution in [0.3, 0.4) is 0 Å². The Hall–Kier alpha value is -3.10. The van der Waals surface area contributed by atoms with Gasteiger partial charge in [0.1, 0.15) is 12.4 Å². The van der Waals surface area contributed by atoms with E-state index in [4.69, 9.17) is 14.9 Å². The van der Waals surface area contributed by atoms with Gasteiger partial charge < -0.3 is 20.3 Å². The topological polar surface area (TPSA) is 108 Å². The van der Waals surface area contributed by atoms with Gasteiger partial charge in [-0.2, -0.15) is 0 Å². The number of amides is 2. The molecule has 0 spiro atoms. The number of hydrogen-bond donors (Lipinski definition) is 4. The second kappa shape index (κ2) is 7.85. The Kier molecular flexibility index (Phi) is 5.35. The molecular weight excluding hydrogens is 356 g/mol. The summed E-state index contributed by atoms with van der Waals surface area (Å²) >= 11 is 1.32. The van der Waals surface area contributed by atoms with Crippen LogP contribution in [0.1, 0.15) is 9.67 Å². The van der Waals surface area contributed by atoms with E-state index in [9.17, 15) is 9.59 Å². The lowest BCUT2D eigenvalue weighted by Gasteiger charge is -2.09. The molecule has 0 fully saturated rings. The summed E-state index contributed by atoms with van der Waals surface area (Å²) in [5, 5.41) is 23.5. The van der Waals surface area contributed by atoms with E-state index in [2.05, 4.69) is 10.6 Å². The number of anilines is 2. The summed E-state index contributed by atoms with van der Waals surface area (Å²) < 4.78 is 6.29. The molecule has 3 rings (SSSR count). The molecule has 3 aromatic rings. The van der Waals surface area contributed by atoms with Crippen LogP contribution < -0.4 is 15.4 Å². The number of carbonyl (C=O) groups excluding carboxylic acids is 1. The first-order valence-corrected chi connectivity index (χ1v) is 8.56. The highest BCUT2D eigenvalue weighted by Gasteiger charge is 2.13. The standard InChI is InChI=1S/C18H16N2O5S/c21-7-8-25-12-5-6-15-11(9-12)10-16(26-15)17(22)19-13-3-1-2-4-14(13)20-18(23)24/h1-6,9-10,20-21H,7-8H2,(H,19,22)(H,23,24). The maximum Gasteiger partial charge on any atom is 0.409 e. The van der Waals surface area contributed by atoms with Gasteiger partial charge in [0.2, 0.25) is 0 Å². The van der Waals surface area contributed by atoms with Crippen LogP contribution in [0.2, 0.25) is 0 Å². The molecule has 134 valence electrons. The average Bonchev–Trinajstić information content (AvgIpc) is 3.04. The molecule has 2 amide bonds. The second-order valence-electron chi connectivity index (χ2n) is 5.31. The quantitative estimate of drug-likeness (QED) is 0.529. The number of para-hydroxylation sites is 2. The van der Waals surface area contributed by atoms with E-state index in [1.165, 1.54) is 11.3 Å². The van der Waals surface area contributed by atoms with Gasteiger partial charge in [0.05, 0.1) is 22.9 Å². The second-order valence-corrected chi connectivity index (χ2v) is 6.40. The third-order valence-electron chi connectivity index (χ3n) is 3.49. The van der Waals surface area contributed by atoms with Crippen LogP contribution in [0, 0.1) is 0 Å². The van der Waals surface area contributed by atoms with Gasteiger partial charge in [-0.1, -0.05) is 12.1 Å². The van der Waals surface area contributed by atoms with Crippen LogP contribution in [0.5, 0.6) is 5.75 Å². The molecule has 0 bridgehead atoms. The SMILES string of the molecule is O=C(O)Nc1ccccc1NC(=O)c1cc2cc(OCCO)ccc2s1.